The number of rotatable bonds is 6. The number of carbonyl (C=O) groups is 2. The Labute approximate surface area is 120 Å². The fourth-order valence-electron chi connectivity index (χ4n) is 1.49. The number of aryl methyl sites for hydroxylation is 1. The van der Waals surface area contributed by atoms with Gasteiger partial charge in [0, 0.05) is 5.69 Å². The average Bonchev–Trinajstić information content (AvgIpc) is 2.38. The Kier molecular flexibility index (Phi) is 6.30. The first-order chi connectivity index (χ1) is 9.43. The lowest BCUT2D eigenvalue weighted by Gasteiger charge is -2.14. The van der Waals surface area contributed by atoms with E-state index < -0.39 is 23.9 Å². The zero-order valence-electron chi connectivity index (χ0n) is 11.3. The molecule has 7 heteroatoms. The van der Waals surface area contributed by atoms with Crippen LogP contribution in [0.25, 0.3) is 0 Å². The minimum Gasteiger partial charge on any atom is -0.480 e. The standard InChI is InChI=1S/C13H17FN2O3S/c1-8-3-4-9(7-10(8)14)15-13(19)16-11(12(17)18)5-6-20-2/h3-4,7,11H,5-6H2,1-2H3,(H,17,18)(H2,15,16,19). The molecule has 0 bridgehead atoms. The van der Waals surface area contributed by atoms with Crippen molar-refractivity contribution in [3.8, 4) is 0 Å². The molecule has 0 aliphatic rings. The Morgan fingerprint density at radius 2 is 2.15 bits per heavy atom. The number of aliphatic carboxylic acids is 1. The van der Waals surface area contributed by atoms with Crippen molar-refractivity contribution in [2.45, 2.75) is 19.4 Å². The van der Waals surface area contributed by atoms with Crippen molar-refractivity contribution in [1.29, 1.82) is 0 Å². The quantitative estimate of drug-likeness (QED) is 0.754. The molecule has 20 heavy (non-hydrogen) atoms. The lowest BCUT2D eigenvalue weighted by Crippen LogP contribution is -2.43. The third-order valence-corrected chi connectivity index (χ3v) is 3.29. The molecular formula is C13H17FN2O3S. The summed E-state index contributed by atoms with van der Waals surface area (Å²) < 4.78 is 13.3. The van der Waals surface area contributed by atoms with Crippen molar-refractivity contribution in [3.05, 3.63) is 29.6 Å². The molecule has 0 fully saturated rings. The number of thioether (sulfide) groups is 1. The second-order valence-corrected chi connectivity index (χ2v) is 5.22. The van der Waals surface area contributed by atoms with Crippen LogP contribution < -0.4 is 10.6 Å². The number of hydrogen-bond acceptors (Lipinski definition) is 3. The second-order valence-electron chi connectivity index (χ2n) is 4.23. The zero-order valence-corrected chi connectivity index (χ0v) is 12.1. The number of halogens is 1. The summed E-state index contributed by atoms with van der Waals surface area (Å²) in [4.78, 5) is 22.7. The Hall–Kier alpha value is -1.76. The van der Waals surface area contributed by atoms with Crippen molar-refractivity contribution in [3.63, 3.8) is 0 Å². The van der Waals surface area contributed by atoms with Crippen LogP contribution in [0.4, 0.5) is 14.9 Å². The molecule has 2 amide bonds. The fourth-order valence-corrected chi connectivity index (χ4v) is 1.96. The maximum atomic E-state index is 13.3. The van der Waals surface area contributed by atoms with Crippen LogP contribution in [0, 0.1) is 12.7 Å². The first-order valence-electron chi connectivity index (χ1n) is 5.99. The fraction of sp³-hybridized carbons (Fsp3) is 0.385. The van der Waals surface area contributed by atoms with E-state index >= 15 is 0 Å². The average molecular weight is 300 g/mol. The third kappa shape index (κ3) is 5.08. The van der Waals surface area contributed by atoms with E-state index in [1.807, 2.05) is 6.26 Å². The summed E-state index contributed by atoms with van der Waals surface area (Å²) >= 11 is 1.50. The molecule has 0 heterocycles. The van der Waals surface area contributed by atoms with Crippen LogP contribution in [0.3, 0.4) is 0 Å². The van der Waals surface area contributed by atoms with Gasteiger partial charge in [0.25, 0.3) is 0 Å². The van der Waals surface area contributed by atoms with Crippen LogP contribution in [0.5, 0.6) is 0 Å². The number of benzene rings is 1. The van der Waals surface area contributed by atoms with Gasteiger partial charge in [0.05, 0.1) is 0 Å². The predicted molar refractivity (Wildman–Crippen MR) is 77.7 cm³/mol. The minimum absolute atomic E-state index is 0.277. The van der Waals surface area contributed by atoms with Crippen molar-refractivity contribution in [2.75, 3.05) is 17.3 Å². The number of urea groups is 1. The van der Waals surface area contributed by atoms with Crippen LogP contribution >= 0.6 is 11.8 Å². The van der Waals surface area contributed by atoms with Crippen molar-refractivity contribution >= 4 is 29.4 Å². The highest BCUT2D eigenvalue weighted by atomic mass is 32.2. The Morgan fingerprint density at radius 3 is 2.70 bits per heavy atom. The molecule has 5 nitrogen and oxygen atoms in total. The highest BCUT2D eigenvalue weighted by Crippen LogP contribution is 2.13. The van der Waals surface area contributed by atoms with E-state index in [1.54, 1.807) is 13.0 Å². The van der Waals surface area contributed by atoms with Gasteiger partial charge in [-0.2, -0.15) is 11.8 Å². The van der Waals surface area contributed by atoms with E-state index in [4.69, 9.17) is 5.11 Å². The number of anilines is 1. The molecule has 0 aromatic heterocycles. The van der Waals surface area contributed by atoms with Crippen LogP contribution in [0.2, 0.25) is 0 Å². The van der Waals surface area contributed by atoms with Gasteiger partial charge in [0.1, 0.15) is 11.9 Å². The molecule has 0 spiro atoms. The summed E-state index contributed by atoms with van der Waals surface area (Å²) in [6.45, 7) is 1.61. The number of amides is 2. The molecule has 110 valence electrons. The summed E-state index contributed by atoms with van der Waals surface area (Å²) in [6, 6.07) is 2.65. The van der Waals surface area contributed by atoms with Gasteiger partial charge in [-0.3, -0.25) is 0 Å². The molecule has 1 unspecified atom stereocenters. The first-order valence-corrected chi connectivity index (χ1v) is 7.39. The summed E-state index contributed by atoms with van der Waals surface area (Å²) in [6.07, 6.45) is 2.18. The molecule has 1 atom stereocenters. The van der Waals surface area contributed by atoms with Gasteiger partial charge in [0.15, 0.2) is 0 Å². The van der Waals surface area contributed by atoms with Gasteiger partial charge in [-0.1, -0.05) is 6.07 Å². The third-order valence-electron chi connectivity index (χ3n) is 2.64. The molecule has 0 aliphatic heterocycles. The Bertz CT molecular complexity index is 497. The lowest BCUT2D eigenvalue weighted by molar-refractivity contribution is -0.139. The number of nitrogens with one attached hydrogen (secondary N) is 2. The van der Waals surface area contributed by atoms with Crippen LogP contribution in [0.15, 0.2) is 18.2 Å². The van der Waals surface area contributed by atoms with E-state index in [1.165, 1.54) is 23.9 Å². The maximum absolute atomic E-state index is 13.3. The molecule has 3 N–H and O–H groups in total. The smallest absolute Gasteiger partial charge is 0.326 e. The monoisotopic (exact) mass is 300 g/mol. The van der Waals surface area contributed by atoms with E-state index in [2.05, 4.69) is 10.6 Å². The van der Waals surface area contributed by atoms with Gasteiger partial charge < -0.3 is 15.7 Å². The second kappa shape index (κ2) is 7.74. The van der Waals surface area contributed by atoms with Crippen molar-refractivity contribution in [2.24, 2.45) is 0 Å². The van der Waals surface area contributed by atoms with Crippen molar-refractivity contribution < 1.29 is 19.1 Å². The Morgan fingerprint density at radius 1 is 1.45 bits per heavy atom. The molecular weight excluding hydrogens is 283 g/mol. The van der Waals surface area contributed by atoms with Crippen LogP contribution in [-0.2, 0) is 4.79 Å². The first kappa shape index (κ1) is 16.3. The highest BCUT2D eigenvalue weighted by molar-refractivity contribution is 7.98. The largest absolute Gasteiger partial charge is 0.480 e. The van der Waals surface area contributed by atoms with Gasteiger partial charge in [-0.05, 0) is 43.0 Å². The number of hydrogen-bond donors (Lipinski definition) is 3. The SMILES string of the molecule is CSCCC(NC(=O)Nc1ccc(C)c(F)c1)C(=O)O. The van der Waals surface area contributed by atoms with E-state index in [-0.39, 0.29) is 5.69 Å². The minimum atomic E-state index is -1.09. The van der Waals surface area contributed by atoms with Crippen molar-refractivity contribution in [1.82, 2.24) is 5.32 Å². The lowest BCUT2D eigenvalue weighted by atomic mass is 10.2. The summed E-state index contributed by atoms with van der Waals surface area (Å²) in [5.41, 5.74) is 0.749. The van der Waals surface area contributed by atoms with Gasteiger partial charge >= 0.3 is 12.0 Å². The van der Waals surface area contributed by atoms with Crippen LogP contribution in [-0.4, -0.2) is 35.2 Å². The van der Waals surface area contributed by atoms with E-state index in [9.17, 15) is 14.0 Å². The molecule has 0 saturated carbocycles. The molecule has 1 aromatic carbocycles. The summed E-state index contributed by atoms with van der Waals surface area (Å²) in [5.74, 6) is -0.902. The molecule has 0 saturated heterocycles. The number of carboxylic acid groups (broad SMARTS) is 1. The molecule has 1 rings (SSSR count). The zero-order chi connectivity index (χ0) is 15.1. The van der Waals surface area contributed by atoms with Gasteiger partial charge in [0.2, 0.25) is 0 Å². The molecule has 0 radical (unpaired) electrons. The topological polar surface area (TPSA) is 78.4 Å². The normalized spacial score (nSPS) is 11.8. The van der Waals surface area contributed by atoms with E-state index in [0.29, 0.717) is 17.7 Å². The summed E-state index contributed by atoms with van der Waals surface area (Å²) in [5, 5.41) is 13.7. The number of carbonyl (C=O) groups excluding carboxylic acids is 1. The summed E-state index contributed by atoms with van der Waals surface area (Å²) in [7, 11) is 0. The highest BCUT2D eigenvalue weighted by Gasteiger charge is 2.19. The number of carboxylic acids is 1. The Balaban J connectivity index is 2.60. The predicted octanol–water partition coefficient (Wildman–Crippen LogP) is 2.46. The molecule has 0 aliphatic carbocycles. The van der Waals surface area contributed by atoms with E-state index in [0.717, 1.165) is 0 Å². The van der Waals surface area contributed by atoms with Gasteiger partial charge in [-0.15, -0.1) is 0 Å². The maximum Gasteiger partial charge on any atom is 0.326 e. The van der Waals surface area contributed by atoms with Crippen LogP contribution in [0.1, 0.15) is 12.0 Å². The molecule has 1 aromatic rings. The van der Waals surface area contributed by atoms with Gasteiger partial charge in [-0.25, -0.2) is 14.0 Å².